The topological polar surface area (TPSA) is 40.9 Å². The average Bonchev–Trinajstić information content (AvgIpc) is 3.39. The zero-order chi connectivity index (χ0) is 20.8. The van der Waals surface area contributed by atoms with E-state index in [9.17, 15) is 10.1 Å². The molecule has 0 spiro atoms. The molecule has 5 rings (SSSR count). The Morgan fingerprint density at radius 2 is 1.67 bits per heavy atom. The van der Waals surface area contributed by atoms with Crippen LogP contribution in [0.5, 0.6) is 0 Å². The maximum atomic E-state index is 13.0. The fraction of sp³-hybridized carbons (Fsp3) is 0.0769. The second-order valence-electron chi connectivity index (χ2n) is 7.40. The van der Waals surface area contributed by atoms with E-state index >= 15 is 0 Å². The SMILES string of the molecule is CC(C#N)=C1/C(=C/c2cc3sc(-c4ccc(C)cc4)cc3s2)C(=O)c2ccccc21. The summed E-state index contributed by atoms with van der Waals surface area (Å²) in [6.45, 7) is 3.87. The van der Waals surface area contributed by atoms with E-state index in [-0.39, 0.29) is 5.78 Å². The van der Waals surface area contributed by atoms with Gasteiger partial charge in [-0.2, -0.15) is 5.26 Å². The Morgan fingerprint density at radius 3 is 2.37 bits per heavy atom. The molecule has 30 heavy (non-hydrogen) atoms. The molecule has 1 aliphatic carbocycles. The van der Waals surface area contributed by atoms with Gasteiger partial charge in [-0.3, -0.25) is 4.79 Å². The van der Waals surface area contributed by atoms with E-state index in [0.717, 1.165) is 16.0 Å². The number of carbonyl (C=O) groups excluding carboxylic acids is 1. The van der Waals surface area contributed by atoms with Crippen LogP contribution in [-0.2, 0) is 0 Å². The second-order valence-corrected chi connectivity index (χ2v) is 9.60. The van der Waals surface area contributed by atoms with E-state index < -0.39 is 0 Å². The van der Waals surface area contributed by atoms with Gasteiger partial charge in [0.05, 0.1) is 6.07 Å². The smallest absolute Gasteiger partial charge is 0.194 e. The van der Waals surface area contributed by atoms with Gasteiger partial charge in [0, 0.05) is 41.4 Å². The average molecular weight is 424 g/mol. The monoisotopic (exact) mass is 423 g/mol. The molecule has 0 bridgehead atoms. The quantitative estimate of drug-likeness (QED) is 0.247. The summed E-state index contributed by atoms with van der Waals surface area (Å²) in [6.07, 6.45) is 1.95. The number of thiophene rings is 2. The van der Waals surface area contributed by atoms with Crippen LogP contribution in [0.2, 0.25) is 0 Å². The third-order valence-corrected chi connectivity index (χ3v) is 7.64. The van der Waals surface area contributed by atoms with E-state index in [4.69, 9.17) is 0 Å². The van der Waals surface area contributed by atoms with Crippen molar-refractivity contribution in [2.75, 3.05) is 0 Å². The van der Waals surface area contributed by atoms with Gasteiger partial charge in [0.25, 0.3) is 0 Å². The molecule has 0 atom stereocenters. The van der Waals surface area contributed by atoms with Gasteiger partial charge in [-0.1, -0.05) is 54.1 Å². The van der Waals surface area contributed by atoms with E-state index in [1.54, 1.807) is 29.6 Å². The molecule has 2 nitrogen and oxygen atoms in total. The van der Waals surface area contributed by atoms with Gasteiger partial charge in [-0.15, -0.1) is 22.7 Å². The molecule has 0 unspecified atom stereocenters. The molecular formula is C26H17NOS2. The molecule has 4 aromatic rings. The third-order valence-electron chi connectivity index (χ3n) is 5.35. The van der Waals surface area contributed by atoms with Crippen molar-refractivity contribution >= 4 is 49.5 Å². The number of nitriles is 1. The van der Waals surface area contributed by atoms with Crippen molar-refractivity contribution in [3.05, 3.63) is 93.4 Å². The second kappa shape index (κ2) is 7.21. The molecular weight excluding hydrogens is 406 g/mol. The minimum atomic E-state index is -0.00713. The van der Waals surface area contributed by atoms with Gasteiger partial charge in [0.2, 0.25) is 0 Å². The van der Waals surface area contributed by atoms with Crippen LogP contribution in [0.15, 0.2) is 71.8 Å². The fourth-order valence-electron chi connectivity index (χ4n) is 3.83. The summed E-state index contributed by atoms with van der Waals surface area (Å²) in [5, 5.41) is 9.49. The first-order valence-corrected chi connectivity index (χ1v) is 11.3. The number of carbonyl (C=O) groups is 1. The molecule has 0 fully saturated rings. The maximum Gasteiger partial charge on any atom is 0.194 e. The summed E-state index contributed by atoms with van der Waals surface area (Å²) in [5.74, 6) is -0.00713. The van der Waals surface area contributed by atoms with Crippen LogP contribution in [0.4, 0.5) is 0 Å². The Hall–Kier alpha value is -3.26. The summed E-state index contributed by atoms with van der Waals surface area (Å²) in [6, 6.07) is 22.7. The third kappa shape index (κ3) is 3.04. The van der Waals surface area contributed by atoms with Gasteiger partial charge in [-0.25, -0.2) is 0 Å². The lowest BCUT2D eigenvalue weighted by Crippen LogP contribution is -1.95. The molecule has 0 amide bonds. The predicted molar refractivity (Wildman–Crippen MR) is 127 cm³/mol. The first-order valence-electron chi connectivity index (χ1n) is 9.62. The van der Waals surface area contributed by atoms with Crippen LogP contribution in [0, 0.1) is 18.3 Å². The lowest BCUT2D eigenvalue weighted by atomic mass is 10.00. The van der Waals surface area contributed by atoms with Crippen molar-refractivity contribution < 1.29 is 4.79 Å². The van der Waals surface area contributed by atoms with Gasteiger partial charge in [-0.05, 0) is 43.2 Å². The lowest BCUT2D eigenvalue weighted by molar-refractivity contribution is 0.104. The number of ketones is 1. The number of allylic oxidation sites excluding steroid dienone is 3. The first kappa shape index (κ1) is 18.7. The molecule has 2 aromatic heterocycles. The Bertz CT molecular complexity index is 1390. The Balaban J connectivity index is 1.57. The summed E-state index contributed by atoms with van der Waals surface area (Å²) < 4.78 is 2.43. The van der Waals surface area contributed by atoms with Crippen molar-refractivity contribution in [2.45, 2.75) is 13.8 Å². The van der Waals surface area contributed by atoms with Crippen LogP contribution in [0.1, 0.15) is 33.3 Å². The minimum absolute atomic E-state index is 0.00713. The highest BCUT2D eigenvalue weighted by atomic mass is 32.1. The Labute approximate surface area is 183 Å². The van der Waals surface area contributed by atoms with Crippen molar-refractivity contribution in [3.8, 4) is 16.5 Å². The molecule has 0 saturated heterocycles. The molecule has 0 N–H and O–H groups in total. The minimum Gasteiger partial charge on any atom is -0.289 e. The molecule has 1 aliphatic rings. The number of fused-ring (bicyclic) bond motifs is 2. The molecule has 0 aliphatic heterocycles. The van der Waals surface area contributed by atoms with E-state index in [2.05, 4.69) is 49.4 Å². The standard InChI is InChI=1S/C26H17NOS2/c1-15-7-9-17(10-8-15)22-13-24-23(30-22)12-18(29-24)11-21-25(16(2)14-27)19-5-3-4-6-20(19)26(21)28/h3-13H,1-2H3/b21-11-,25-16?. The predicted octanol–water partition coefficient (Wildman–Crippen LogP) is 7.52. The van der Waals surface area contributed by atoms with E-state index in [0.29, 0.717) is 16.7 Å². The normalized spacial score (nSPS) is 16.2. The summed E-state index contributed by atoms with van der Waals surface area (Å²) >= 11 is 3.45. The van der Waals surface area contributed by atoms with Gasteiger partial charge in [0.15, 0.2) is 5.78 Å². The summed E-state index contributed by atoms with van der Waals surface area (Å²) in [5.41, 5.74) is 5.95. The van der Waals surface area contributed by atoms with Crippen molar-refractivity contribution in [2.24, 2.45) is 0 Å². The number of rotatable bonds is 2. The number of benzene rings is 2. The van der Waals surface area contributed by atoms with E-state index in [1.165, 1.54) is 25.4 Å². The first-order chi connectivity index (χ1) is 14.5. The van der Waals surface area contributed by atoms with E-state index in [1.807, 2.05) is 30.3 Å². The largest absolute Gasteiger partial charge is 0.289 e. The molecule has 144 valence electrons. The van der Waals surface area contributed by atoms with Crippen LogP contribution < -0.4 is 0 Å². The highest BCUT2D eigenvalue weighted by Crippen LogP contribution is 2.43. The zero-order valence-corrected chi connectivity index (χ0v) is 18.2. The van der Waals surface area contributed by atoms with Crippen LogP contribution in [-0.4, -0.2) is 5.78 Å². The lowest BCUT2D eigenvalue weighted by Gasteiger charge is -2.02. The van der Waals surface area contributed by atoms with Gasteiger partial charge < -0.3 is 0 Å². The van der Waals surface area contributed by atoms with Gasteiger partial charge >= 0.3 is 0 Å². The summed E-state index contributed by atoms with van der Waals surface area (Å²) in [4.78, 5) is 15.3. The van der Waals surface area contributed by atoms with Crippen molar-refractivity contribution in [3.63, 3.8) is 0 Å². The molecule has 0 radical (unpaired) electrons. The highest BCUT2D eigenvalue weighted by Gasteiger charge is 2.31. The Kier molecular flexibility index (Phi) is 4.51. The van der Waals surface area contributed by atoms with Gasteiger partial charge in [0.1, 0.15) is 0 Å². The maximum absolute atomic E-state index is 13.0. The Morgan fingerprint density at radius 1 is 0.967 bits per heavy atom. The number of hydrogen-bond donors (Lipinski definition) is 0. The zero-order valence-electron chi connectivity index (χ0n) is 16.5. The number of aryl methyl sites for hydroxylation is 1. The van der Waals surface area contributed by atoms with Crippen LogP contribution >= 0.6 is 22.7 Å². The number of Topliss-reactive ketones (excluding diaryl/α,β-unsaturated/α-hetero) is 1. The van der Waals surface area contributed by atoms with Crippen molar-refractivity contribution in [1.29, 1.82) is 5.26 Å². The summed E-state index contributed by atoms with van der Waals surface area (Å²) in [7, 11) is 0. The molecule has 2 heterocycles. The molecule has 4 heteroatoms. The number of hydrogen-bond acceptors (Lipinski definition) is 4. The highest BCUT2D eigenvalue weighted by molar-refractivity contribution is 7.29. The fourth-order valence-corrected chi connectivity index (χ4v) is 6.18. The molecule has 2 aromatic carbocycles. The van der Waals surface area contributed by atoms with Crippen LogP contribution in [0.25, 0.3) is 31.5 Å². The van der Waals surface area contributed by atoms with Crippen LogP contribution in [0.3, 0.4) is 0 Å². The number of nitrogens with zero attached hydrogens (tertiary/aromatic N) is 1. The molecule has 0 saturated carbocycles. The van der Waals surface area contributed by atoms with Crippen molar-refractivity contribution in [1.82, 2.24) is 0 Å².